The molecule has 0 radical (unpaired) electrons. The van der Waals surface area contributed by atoms with E-state index in [2.05, 4.69) is 13.8 Å². The molecule has 14 heteroatoms. The van der Waals surface area contributed by atoms with Gasteiger partial charge in [-0.15, -0.1) is 0 Å². The summed E-state index contributed by atoms with van der Waals surface area (Å²) in [6, 6.07) is 6.18. The largest absolute Gasteiger partial charge is 0.508 e. The molecular formula is C44H50O14. The fourth-order valence-corrected chi connectivity index (χ4v) is 10.5. The Labute approximate surface area is 335 Å². The minimum absolute atomic E-state index is 0.0411. The van der Waals surface area contributed by atoms with Crippen LogP contribution < -0.4 is 4.74 Å². The van der Waals surface area contributed by atoms with Crippen LogP contribution in [0.5, 0.6) is 51.7 Å². The van der Waals surface area contributed by atoms with Crippen LogP contribution in [0.15, 0.2) is 48.0 Å². The van der Waals surface area contributed by atoms with E-state index in [0.29, 0.717) is 24.0 Å². The van der Waals surface area contributed by atoms with Gasteiger partial charge < -0.3 is 55.1 Å². The van der Waals surface area contributed by atoms with Gasteiger partial charge in [0.25, 0.3) is 0 Å². The molecule has 58 heavy (non-hydrogen) atoms. The summed E-state index contributed by atoms with van der Waals surface area (Å²) in [5, 5.41) is 78.2. The molecule has 3 saturated carbocycles. The predicted octanol–water partition coefficient (Wildman–Crippen LogP) is 7.07. The molecule has 3 fully saturated rings. The standard InChI is InChI=1S/C22H18O11.C22H32O3/c23-10-5-12(24)11-7-18(33-22(31)9-3-15(27)20(30)16(28)4-9)21(32-17(11)6-10)8-1-13(25)19(29)14(26)2-8;1-4-20(24)25-19-8-7-17-16-6-5-14-13-15(23)9-11-21(14,2)18(16)10-12-22(17,19)3/h1-6,18,21,23-30H,7H2;13,16-19H,4-12H2,1-3H3/t18-,21-;16-,17-,18-,19-,21-,22-/m10/s1. The molecule has 1 heterocycles. The molecule has 8 atom stereocenters. The van der Waals surface area contributed by atoms with Crippen molar-refractivity contribution in [2.45, 2.75) is 103 Å². The zero-order valence-electron chi connectivity index (χ0n) is 32.6. The number of phenolic OH excluding ortho intramolecular Hbond substituents is 8. The fourth-order valence-electron chi connectivity index (χ4n) is 10.5. The molecule has 8 N–H and O–H groups in total. The number of hydrogen-bond donors (Lipinski definition) is 8. The number of aromatic hydroxyl groups is 8. The average Bonchev–Trinajstić information content (AvgIpc) is 3.51. The molecule has 5 aliphatic rings. The van der Waals surface area contributed by atoms with Crippen molar-refractivity contribution in [3.05, 3.63) is 64.7 Å². The molecule has 310 valence electrons. The van der Waals surface area contributed by atoms with Crippen LogP contribution in [0.1, 0.15) is 106 Å². The maximum atomic E-state index is 12.7. The van der Waals surface area contributed by atoms with Gasteiger partial charge in [0.05, 0.1) is 5.56 Å². The lowest BCUT2D eigenvalue weighted by atomic mass is 9.47. The highest BCUT2D eigenvalue weighted by molar-refractivity contribution is 5.92. The van der Waals surface area contributed by atoms with E-state index in [9.17, 15) is 55.2 Å². The number of carbonyl (C=O) groups is 3. The molecule has 0 saturated heterocycles. The van der Waals surface area contributed by atoms with Gasteiger partial charge in [-0.25, -0.2) is 4.79 Å². The molecule has 4 aliphatic carbocycles. The first kappa shape index (κ1) is 40.4. The van der Waals surface area contributed by atoms with Crippen LogP contribution in [0.4, 0.5) is 0 Å². The molecule has 0 amide bonds. The monoisotopic (exact) mass is 802 g/mol. The predicted molar refractivity (Wildman–Crippen MR) is 206 cm³/mol. The van der Waals surface area contributed by atoms with Crippen LogP contribution in [0.2, 0.25) is 0 Å². The lowest BCUT2D eigenvalue weighted by molar-refractivity contribution is -0.159. The van der Waals surface area contributed by atoms with Crippen molar-refractivity contribution >= 4 is 17.7 Å². The number of hydrogen-bond acceptors (Lipinski definition) is 14. The summed E-state index contributed by atoms with van der Waals surface area (Å²) >= 11 is 0. The second-order valence-corrected chi connectivity index (χ2v) is 16.8. The lowest BCUT2D eigenvalue weighted by Gasteiger charge is -2.57. The van der Waals surface area contributed by atoms with E-state index in [1.54, 1.807) is 0 Å². The fraction of sp³-hybridized carbons (Fsp3) is 0.477. The maximum Gasteiger partial charge on any atom is 0.338 e. The lowest BCUT2D eigenvalue weighted by Crippen LogP contribution is -2.51. The van der Waals surface area contributed by atoms with Gasteiger partial charge in [-0.2, -0.15) is 0 Å². The Hall–Kier alpha value is -5.79. The van der Waals surface area contributed by atoms with Crippen molar-refractivity contribution in [1.82, 2.24) is 0 Å². The van der Waals surface area contributed by atoms with Crippen molar-refractivity contribution < 1.29 is 69.4 Å². The van der Waals surface area contributed by atoms with E-state index in [1.165, 1.54) is 30.9 Å². The number of allylic oxidation sites excluding steroid dienone is 1. The Morgan fingerprint density at radius 2 is 1.41 bits per heavy atom. The topological polar surface area (TPSA) is 241 Å². The van der Waals surface area contributed by atoms with Crippen molar-refractivity contribution in [3.63, 3.8) is 0 Å². The van der Waals surface area contributed by atoms with Crippen molar-refractivity contribution in [3.8, 4) is 51.7 Å². The van der Waals surface area contributed by atoms with Gasteiger partial charge >= 0.3 is 11.9 Å². The quantitative estimate of drug-likeness (QED) is 0.0951. The molecule has 0 unspecified atom stereocenters. The molecule has 0 bridgehead atoms. The molecule has 0 aromatic heterocycles. The van der Waals surface area contributed by atoms with Gasteiger partial charge in [0.1, 0.15) is 29.5 Å². The Morgan fingerprint density at radius 3 is 2.07 bits per heavy atom. The van der Waals surface area contributed by atoms with E-state index < -0.39 is 52.7 Å². The second kappa shape index (κ2) is 15.2. The van der Waals surface area contributed by atoms with Gasteiger partial charge in [-0.1, -0.05) is 26.3 Å². The van der Waals surface area contributed by atoms with E-state index in [1.807, 2.05) is 13.0 Å². The minimum Gasteiger partial charge on any atom is -0.508 e. The Morgan fingerprint density at radius 1 is 0.759 bits per heavy atom. The highest BCUT2D eigenvalue weighted by atomic mass is 16.6. The van der Waals surface area contributed by atoms with Gasteiger partial charge in [0.2, 0.25) is 0 Å². The van der Waals surface area contributed by atoms with Gasteiger partial charge in [-0.05, 0) is 98.5 Å². The summed E-state index contributed by atoms with van der Waals surface area (Å²) in [6.07, 6.45) is 8.78. The first-order chi connectivity index (χ1) is 27.4. The third kappa shape index (κ3) is 7.17. The molecule has 8 rings (SSSR count). The van der Waals surface area contributed by atoms with Gasteiger partial charge in [-0.3, -0.25) is 9.59 Å². The number of phenols is 8. The van der Waals surface area contributed by atoms with E-state index in [-0.39, 0.29) is 63.3 Å². The highest BCUT2D eigenvalue weighted by Crippen LogP contribution is 2.65. The number of ether oxygens (including phenoxy) is 3. The molecule has 1 aliphatic heterocycles. The minimum atomic E-state index is -1.18. The zero-order valence-corrected chi connectivity index (χ0v) is 32.6. The van der Waals surface area contributed by atoms with E-state index in [0.717, 1.165) is 68.4 Å². The Kier molecular flexibility index (Phi) is 10.6. The average molecular weight is 803 g/mol. The summed E-state index contributed by atoms with van der Waals surface area (Å²) in [5.74, 6) is -3.65. The third-order valence-corrected chi connectivity index (χ3v) is 13.6. The summed E-state index contributed by atoms with van der Waals surface area (Å²) in [7, 11) is 0. The highest BCUT2D eigenvalue weighted by Gasteiger charge is 2.60. The van der Waals surface area contributed by atoms with E-state index in [4.69, 9.17) is 14.2 Å². The summed E-state index contributed by atoms with van der Waals surface area (Å²) in [4.78, 5) is 36.5. The van der Waals surface area contributed by atoms with Gasteiger partial charge in [0.15, 0.2) is 46.4 Å². The first-order valence-corrected chi connectivity index (χ1v) is 19.8. The van der Waals surface area contributed by atoms with Crippen LogP contribution in [0.25, 0.3) is 0 Å². The van der Waals surface area contributed by atoms with E-state index >= 15 is 0 Å². The molecular weight excluding hydrogens is 752 g/mol. The first-order valence-electron chi connectivity index (χ1n) is 19.8. The van der Waals surface area contributed by atoms with Crippen LogP contribution in [0.3, 0.4) is 0 Å². The number of carbonyl (C=O) groups excluding carboxylic acids is 3. The molecule has 14 nitrogen and oxygen atoms in total. The maximum absolute atomic E-state index is 12.7. The Balaban J connectivity index is 0.000000183. The summed E-state index contributed by atoms with van der Waals surface area (Å²) in [6.45, 7) is 6.69. The summed E-state index contributed by atoms with van der Waals surface area (Å²) in [5.41, 5.74) is 1.81. The van der Waals surface area contributed by atoms with Crippen LogP contribution in [0, 0.1) is 28.6 Å². The number of ketones is 1. The zero-order chi connectivity index (χ0) is 41.8. The normalized spacial score (nSPS) is 29.5. The van der Waals surface area contributed by atoms with Crippen molar-refractivity contribution in [2.24, 2.45) is 28.6 Å². The SMILES string of the molecule is CCC(=O)O[C@H]1CC[C@H]2[C@@H]3CCC4=CC(=O)CC[C@]4(C)[C@H]3CC[C@]12C.O=C(O[C@@H]1Cc2c(O)cc(O)cc2O[C@@H]1c1cc(O)c(O)c(O)c1)c1cc(O)c(O)c(O)c1. The number of benzene rings is 3. The van der Waals surface area contributed by atoms with Crippen molar-refractivity contribution in [2.75, 3.05) is 0 Å². The van der Waals surface area contributed by atoms with Crippen LogP contribution in [-0.4, -0.2) is 70.8 Å². The molecule has 0 spiro atoms. The summed E-state index contributed by atoms with van der Waals surface area (Å²) < 4.78 is 17.1. The third-order valence-electron chi connectivity index (χ3n) is 13.6. The molecule has 3 aromatic rings. The Bertz CT molecular complexity index is 2130. The van der Waals surface area contributed by atoms with Crippen molar-refractivity contribution in [1.29, 1.82) is 0 Å². The smallest absolute Gasteiger partial charge is 0.338 e. The number of rotatable bonds is 5. The number of esters is 2. The van der Waals surface area contributed by atoms with Crippen LogP contribution >= 0.6 is 0 Å². The van der Waals surface area contributed by atoms with Gasteiger partial charge in [0, 0.05) is 47.9 Å². The second-order valence-electron chi connectivity index (χ2n) is 16.8. The molecule has 3 aromatic carbocycles. The number of fused-ring (bicyclic) bond motifs is 6. The van der Waals surface area contributed by atoms with Crippen LogP contribution in [-0.2, 0) is 25.5 Å².